The number of hydrogen-bond donors (Lipinski definition) is 2. The van der Waals surface area contributed by atoms with E-state index in [-0.39, 0.29) is 0 Å². The van der Waals surface area contributed by atoms with Crippen LogP contribution in [0.5, 0.6) is 0 Å². The SMILES string of the molecule is CCC1CCC(O)(CNCc2ccc(C)cc2Cl)CC1. The number of halogens is 1. The summed E-state index contributed by atoms with van der Waals surface area (Å²) in [4.78, 5) is 0. The van der Waals surface area contributed by atoms with Crippen LogP contribution in [0.25, 0.3) is 0 Å². The number of aliphatic hydroxyl groups is 1. The van der Waals surface area contributed by atoms with Crippen molar-refractivity contribution in [1.29, 1.82) is 0 Å². The molecule has 1 saturated carbocycles. The molecule has 0 heterocycles. The summed E-state index contributed by atoms with van der Waals surface area (Å²) in [5.41, 5.74) is 1.75. The van der Waals surface area contributed by atoms with Gasteiger partial charge in [0.15, 0.2) is 0 Å². The van der Waals surface area contributed by atoms with Gasteiger partial charge in [-0.25, -0.2) is 0 Å². The van der Waals surface area contributed by atoms with Crippen LogP contribution in [0, 0.1) is 12.8 Å². The molecule has 0 radical (unpaired) electrons. The van der Waals surface area contributed by atoms with E-state index >= 15 is 0 Å². The van der Waals surface area contributed by atoms with Gasteiger partial charge in [-0.1, -0.05) is 37.1 Å². The van der Waals surface area contributed by atoms with Gasteiger partial charge in [-0.3, -0.25) is 0 Å². The molecule has 1 aromatic carbocycles. The second-order valence-corrected chi connectivity index (χ2v) is 6.68. The Morgan fingerprint density at radius 3 is 2.65 bits per heavy atom. The van der Waals surface area contributed by atoms with Gasteiger partial charge in [-0.15, -0.1) is 0 Å². The largest absolute Gasteiger partial charge is 0.389 e. The number of nitrogens with one attached hydrogen (secondary N) is 1. The molecule has 0 aromatic heterocycles. The van der Waals surface area contributed by atoms with E-state index in [1.807, 2.05) is 13.0 Å². The lowest BCUT2D eigenvalue weighted by atomic mass is 9.78. The Kier molecular flexibility index (Phi) is 5.48. The molecule has 0 spiro atoms. The van der Waals surface area contributed by atoms with E-state index in [9.17, 15) is 5.11 Å². The van der Waals surface area contributed by atoms with E-state index in [4.69, 9.17) is 11.6 Å². The van der Waals surface area contributed by atoms with E-state index in [0.29, 0.717) is 6.54 Å². The first-order valence-corrected chi connectivity index (χ1v) is 8.08. The lowest BCUT2D eigenvalue weighted by molar-refractivity contribution is -0.00881. The summed E-state index contributed by atoms with van der Waals surface area (Å²) in [7, 11) is 0. The van der Waals surface area contributed by atoms with E-state index in [0.717, 1.165) is 48.7 Å². The molecule has 112 valence electrons. The van der Waals surface area contributed by atoms with E-state index in [2.05, 4.69) is 24.4 Å². The van der Waals surface area contributed by atoms with Crippen LogP contribution in [-0.4, -0.2) is 17.3 Å². The van der Waals surface area contributed by atoms with E-state index < -0.39 is 5.60 Å². The number of aryl methyl sites for hydroxylation is 1. The average Bonchev–Trinajstić information content (AvgIpc) is 2.42. The molecule has 0 saturated heterocycles. The van der Waals surface area contributed by atoms with Crippen LogP contribution in [0.15, 0.2) is 18.2 Å². The maximum absolute atomic E-state index is 10.6. The van der Waals surface area contributed by atoms with E-state index in [1.165, 1.54) is 12.0 Å². The number of hydrogen-bond acceptors (Lipinski definition) is 2. The van der Waals surface area contributed by atoms with Crippen LogP contribution in [-0.2, 0) is 6.54 Å². The molecule has 0 unspecified atom stereocenters. The van der Waals surface area contributed by atoms with Crippen molar-refractivity contribution in [3.8, 4) is 0 Å². The predicted octanol–water partition coefficient (Wildman–Crippen LogP) is 4.07. The molecular formula is C17H26ClNO. The monoisotopic (exact) mass is 295 g/mol. The highest BCUT2D eigenvalue weighted by Crippen LogP contribution is 2.33. The zero-order valence-electron chi connectivity index (χ0n) is 12.6. The predicted molar refractivity (Wildman–Crippen MR) is 85.1 cm³/mol. The quantitative estimate of drug-likeness (QED) is 0.858. The lowest BCUT2D eigenvalue weighted by Gasteiger charge is -2.36. The second kappa shape index (κ2) is 6.93. The van der Waals surface area contributed by atoms with Gasteiger partial charge in [0.1, 0.15) is 0 Å². The third-order valence-electron chi connectivity index (χ3n) is 4.59. The summed E-state index contributed by atoms with van der Waals surface area (Å²) in [6, 6.07) is 6.12. The molecule has 1 fully saturated rings. The third-order valence-corrected chi connectivity index (χ3v) is 4.94. The summed E-state index contributed by atoms with van der Waals surface area (Å²) < 4.78 is 0. The van der Waals surface area contributed by atoms with Crippen molar-refractivity contribution >= 4 is 11.6 Å². The number of benzene rings is 1. The minimum absolute atomic E-state index is 0.525. The maximum Gasteiger partial charge on any atom is 0.0771 e. The normalized spacial score (nSPS) is 26.7. The molecule has 1 aliphatic carbocycles. The molecule has 1 aromatic rings. The van der Waals surface area contributed by atoms with Crippen molar-refractivity contribution in [2.75, 3.05) is 6.54 Å². The average molecular weight is 296 g/mol. The first-order chi connectivity index (χ1) is 9.52. The molecule has 20 heavy (non-hydrogen) atoms. The summed E-state index contributed by atoms with van der Waals surface area (Å²) in [5, 5.41) is 14.8. The molecule has 0 amide bonds. The van der Waals surface area contributed by atoms with Crippen LogP contribution < -0.4 is 5.32 Å². The molecule has 2 nitrogen and oxygen atoms in total. The van der Waals surface area contributed by atoms with Crippen molar-refractivity contribution in [1.82, 2.24) is 5.32 Å². The Balaban J connectivity index is 1.80. The zero-order chi connectivity index (χ0) is 14.6. The summed E-state index contributed by atoms with van der Waals surface area (Å²) in [6.07, 6.45) is 5.38. The molecule has 1 aliphatic rings. The van der Waals surface area contributed by atoms with Crippen LogP contribution >= 0.6 is 11.6 Å². The highest BCUT2D eigenvalue weighted by atomic mass is 35.5. The zero-order valence-corrected chi connectivity index (χ0v) is 13.3. The number of rotatable bonds is 5. The first-order valence-electron chi connectivity index (χ1n) is 7.70. The molecule has 2 rings (SSSR count). The highest BCUT2D eigenvalue weighted by molar-refractivity contribution is 6.31. The molecule has 3 heteroatoms. The smallest absolute Gasteiger partial charge is 0.0771 e. The fourth-order valence-electron chi connectivity index (χ4n) is 3.03. The summed E-state index contributed by atoms with van der Waals surface area (Å²) in [6.45, 7) is 5.66. The topological polar surface area (TPSA) is 32.3 Å². The minimum atomic E-state index is -0.525. The molecule has 0 atom stereocenters. The Morgan fingerprint density at radius 2 is 2.05 bits per heavy atom. The van der Waals surface area contributed by atoms with Gasteiger partial charge in [0.05, 0.1) is 5.60 Å². The molecule has 0 bridgehead atoms. The van der Waals surface area contributed by atoms with Crippen molar-refractivity contribution in [3.63, 3.8) is 0 Å². The summed E-state index contributed by atoms with van der Waals surface area (Å²) in [5.74, 6) is 0.807. The van der Waals surface area contributed by atoms with Gasteiger partial charge < -0.3 is 10.4 Å². The highest BCUT2D eigenvalue weighted by Gasteiger charge is 2.32. The van der Waals surface area contributed by atoms with Gasteiger partial charge >= 0.3 is 0 Å². The van der Waals surface area contributed by atoms with Crippen LogP contribution in [0.1, 0.15) is 50.2 Å². The van der Waals surface area contributed by atoms with Crippen LogP contribution in [0.3, 0.4) is 0 Å². The standard InChI is InChI=1S/C17H26ClNO/c1-3-14-6-8-17(20,9-7-14)12-19-11-15-5-4-13(2)10-16(15)18/h4-5,10,14,19-20H,3,6-9,11-12H2,1-2H3. The van der Waals surface area contributed by atoms with Crippen LogP contribution in [0.4, 0.5) is 0 Å². The van der Waals surface area contributed by atoms with Crippen molar-refractivity contribution in [3.05, 3.63) is 34.3 Å². The molecular weight excluding hydrogens is 270 g/mol. The fourth-order valence-corrected chi connectivity index (χ4v) is 3.33. The first kappa shape index (κ1) is 15.8. The fraction of sp³-hybridized carbons (Fsp3) is 0.647. The molecule has 2 N–H and O–H groups in total. The van der Waals surface area contributed by atoms with Gasteiger partial charge in [-0.2, -0.15) is 0 Å². The van der Waals surface area contributed by atoms with Gasteiger partial charge in [0.2, 0.25) is 0 Å². The third kappa shape index (κ3) is 4.21. The van der Waals surface area contributed by atoms with Gasteiger partial charge in [-0.05, 0) is 55.7 Å². The summed E-state index contributed by atoms with van der Waals surface area (Å²) >= 11 is 6.22. The lowest BCUT2D eigenvalue weighted by Crippen LogP contribution is -2.43. The van der Waals surface area contributed by atoms with Crippen LogP contribution in [0.2, 0.25) is 5.02 Å². The van der Waals surface area contributed by atoms with Gasteiger partial charge in [0.25, 0.3) is 0 Å². The molecule has 0 aliphatic heterocycles. The second-order valence-electron chi connectivity index (χ2n) is 6.27. The Labute approximate surface area is 127 Å². The van der Waals surface area contributed by atoms with Crippen molar-refractivity contribution < 1.29 is 5.11 Å². The van der Waals surface area contributed by atoms with E-state index in [1.54, 1.807) is 0 Å². The Bertz CT molecular complexity index is 439. The van der Waals surface area contributed by atoms with Crippen molar-refractivity contribution in [2.45, 2.75) is 58.1 Å². The van der Waals surface area contributed by atoms with Crippen molar-refractivity contribution in [2.24, 2.45) is 5.92 Å². The maximum atomic E-state index is 10.6. The Morgan fingerprint density at radius 1 is 1.35 bits per heavy atom. The Hall–Kier alpha value is -0.570. The minimum Gasteiger partial charge on any atom is -0.389 e. The van der Waals surface area contributed by atoms with Gasteiger partial charge in [0, 0.05) is 18.1 Å².